The van der Waals surface area contributed by atoms with Crippen LogP contribution in [-0.4, -0.2) is 11.7 Å². The zero-order valence-electron chi connectivity index (χ0n) is 13.0. The molecule has 3 heteroatoms. The average molecular weight is 300 g/mol. The van der Waals surface area contributed by atoms with Gasteiger partial charge >= 0.3 is 0 Å². The van der Waals surface area contributed by atoms with Gasteiger partial charge < -0.3 is 4.52 Å². The van der Waals surface area contributed by atoms with Crippen molar-refractivity contribution < 1.29 is 9.32 Å². The first-order chi connectivity index (χ1) is 10.0. The number of rotatable bonds is 5. The highest BCUT2D eigenvalue weighted by atomic mass is 31.1. The van der Waals surface area contributed by atoms with Crippen LogP contribution in [0.2, 0.25) is 0 Å². The summed E-state index contributed by atoms with van der Waals surface area (Å²) in [5.41, 5.74) is 4.22. The summed E-state index contributed by atoms with van der Waals surface area (Å²) in [4.78, 5) is 12.8. The van der Waals surface area contributed by atoms with Gasteiger partial charge in [0.2, 0.25) is 5.52 Å². The Morgan fingerprint density at radius 3 is 2.14 bits per heavy atom. The SMILES string of the molecule is CCP(Oc1ccccc1)C(=O)c1c(C)cc(C)cc1C. The fourth-order valence-electron chi connectivity index (χ4n) is 2.50. The van der Waals surface area contributed by atoms with E-state index < -0.39 is 8.15 Å². The molecule has 0 saturated heterocycles. The molecule has 0 heterocycles. The van der Waals surface area contributed by atoms with Gasteiger partial charge in [0.05, 0.1) is 0 Å². The highest BCUT2D eigenvalue weighted by Gasteiger charge is 2.24. The summed E-state index contributed by atoms with van der Waals surface area (Å²) in [6, 6.07) is 13.7. The number of hydrogen-bond donors (Lipinski definition) is 0. The van der Waals surface area contributed by atoms with Crippen molar-refractivity contribution in [2.45, 2.75) is 27.7 Å². The molecule has 0 bridgehead atoms. The molecule has 0 saturated carbocycles. The van der Waals surface area contributed by atoms with E-state index in [0.717, 1.165) is 28.6 Å². The Hall–Kier alpha value is -1.66. The van der Waals surface area contributed by atoms with Crippen LogP contribution in [0.5, 0.6) is 5.75 Å². The molecule has 2 aromatic rings. The van der Waals surface area contributed by atoms with Crippen molar-refractivity contribution >= 4 is 13.7 Å². The summed E-state index contributed by atoms with van der Waals surface area (Å²) in [5.74, 6) is 0.765. The molecular weight excluding hydrogens is 279 g/mol. The van der Waals surface area contributed by atoms with Crippen molar-refractivity contribution in [3.8, 4) is 5.75 Å². The van der Waals surface area contributed by atoms with Crippen LogP contribution in [0.15, 0.2) is 42.5 Å². The Kier molecular flexibility index (Phi) is 5.14. The predicted molar refractivity (Wildman–Crippen MR) is 89.5 cm³/mol. The molecule has 0 radical (unpaired) electrons. The number of para-hydroxylation sites is 1. The number of carbonyl (C=O) groups is 1. The molecule has 0 aromatic heterocycles. The smallest absolute Gasteiger partial charge is 0.224 e. The van der Waals surface area contributed by atoms with Gasteiger partial charge in [-0.05, 0) is 44.0 Å². The molecule has 21 heavy (non-hydrogen) atoms. The van der Waals surface area contributed by atoms with E-state index in [9.17, 15) is 4.79 Å². The van der Waals surface area contributed by atoms with Gasteiger partial charge in [0.15, 0.2) is 8.15 Å². The second kappa shape index (κ2) is 6.87. The molecule has 2 aromatic carbocycles. The summed E-state index contributed by atoms with van der Waals surface area (Å²) in [6.45, 7) is 8.06. The van der Waals surface area contributed by atoms with E-state index in [1.165, 1.54) is 5.56 Å². The number of aryl methyl sites for hydroxylation is 3. The van der Waals surface area contributed by atoms with E-state index in [0.29, 0.717) is 0 Å². The predicted octanol–water partition coefficient (Wildman–Crippen LogP) is 5.25. The van der Waals surface area contributed by atoms with Gasteiger partial charge in [-0.3, -0.25) is 4.79 Å². The van der Waals surface area contributed by atoms with Crippen LogP contribution in [0, 0.1) is 20.8 Å². The molecule has 0 aliphatic rings. The van der Waals surface area contributed by atoms with Crippen molar-refractivity contribution in [3.63, 3.8) is 0 Å². The molecule has 1 unspecified atom stereocenters. The molecule has 2 nitrogen and oxygen atoms in total. The zero-order chi connectivity index (χ0) is 15.4. The zero-order valence-corrected chi connectivity index (χ0v) is 13.9. The number of hydrogen-bond acceptors (Lipinski definition) is 2. The van der Waals surface area contributed by atoms with Crippen molar-refractivity contribution in [1.82, 2.24) is 0 Å². The molecule has 0 spiro atoms. The lowest BCUT2D eigenvalue weighted by atomic mass is 10.0. The van der Waals surface area contributed by atoms with Gasteiger partial charge in [0.1, 0.15) is 5.75 Å². The molecule has 2 rings (SSSR count). The Bertz CT molecular complexity index is 612. The van der Waals surface area contributed by atoms with Crippen molar-refractivity contribution in [2.24, 2.45) is 0 Å². The topological polar surface area (TPSA) is 26.3 Å². The van der Waals surface area contributed by atoms with Gasteiger partial charge in [-0.25, -0.2) is 0 Å². The number of benzene rings is 2. The standard InChI is InChI=1S/C18H21O2P/c1-5-21(20-16-9-7-6-8-10-16)18(19)17-14(3)11-13(2)12-15(17)4/h6-12H,5H2,1-4H3. The Labute approximate surface area is 128 Å². The van der Waals surface area contributed by atoms with Gasteiger partial charge in [0.25, 0.3) is 0 Å². The fraction of sp³-hybridized carbons (Fsp3) is 0.278. The summed E-state index contributed by atoms with van der Waals surface area (Å²) >= 11 is 0. The largest absolute Gasteiger partial charge is 0.466 e. The van der Waals surface area contributed by atoms with E-state index in [-0.39, 0.29) is 5.52 Å². The third-order valence-electron chi connectivity index (χ3n) is 3.36. The maximum atomic E-state index is 12.8. The minimum Gasteiger partial charge on any atom is -0.466 e. The maximum Gasteiger partial charge on any atom is 0.224 e. The summed E-state index contributed by atoms with van der Waals surface area (Å²) < 4.78 is 5.94. The molecule has 110 valence electrons. The van der Waals surface area contributed by atoms with Crippen LogP contribution >= 0.6 is 8.15 Å². The van der Waals surface area contributed by atoms with Crippen LogP contribution < -0.4 is 4.52 Å². The molecule has 0 N–H and O–H groups in total. The lowest BCUT2D eigenvalue weighted by Gasteiger charge is -2.18. The first kappa shape index (κ1) is 15.7. The van der Waals surface area contributed by atoms with Gasteiger partial charge in [-0.1, -0.05) is 42.8 Å². The van der Waals surface area contributed by atoms with E-state index in [4.69, 9.17) is 4.52 Å². The van der Waals surface area contributed by atoms with Crippen LogP contribution in [-0.2, 0) is 0 Å². The van der Waals surface area contributed by atoms with E-state index in [1.807, 2.05) is 51.1 Å². The van der Waals surface area contributed by atoms with E-state index >= 15 is 0 Å². The minimum atomic E-state index is -1.15. The van der Waals surface area contributed by atoms with Crippen LogP contribution in [0.4, 0.5) is 0 Å². The van der Waals surface area contributed by atoms with Crippen molar-refractivity contribution in [1.29, 1.82) is 0 Å². The average Bonchev–Trinajstić information content (AvgIpc) is 2.44. The molecule has 0 aliphatic carbocycles. The van der Waals surface area contributed by atoms with Crippen molar-refractivity contribution in [2.75, 3.05) is 6.16 Å². The van der Waals surface area contributed by atoms with Crippen LogP contribution in [0.3, 0.4) is 0 Å². The fourth-order valence-corrected chi connectivity index (χ4v) is 3.98. The number of carbonyl (C=O) groups excluding carboxylic acids is 1. The Morgan fingerprint density at radius 2 is 1.62 bits per heavy atom. The van der Waals surface area contributed by atoms with Crippen molar-refractivity contribution in [3.05, 3.63) is 64.7 Å². The third-order valence-corrected chi connectivity index (χ3v) is 5.05. The van der Waals surface area contributed by atoms with Gasteiger partial charge in [0, 0.05) is 11.7 Å². The molecule has 0 aliphatic heterocycles. The Morgan fingerprint density at radius 1 is 1.05 bits per heavy atom. The second-order valence-electron chi connectivity index (χ2n) is 5.18. The first-order valence-electron chi connectivity index (χ1n) is 7.15. The summed E-state index contributed by atoms with van der Waals surface area (Å²) in [6.07, 6.45) is 0.718. The quantitative estimate of drug-likeness (QED) is 0.705. The van der Waals surface area contributed by atoms with Gasteiger partial charge in [-0.2, -0.15) is 0 Å². The van der Waals surface area contributed by atoms with E-state index in [1.54, 1.807) is 0 Å². The summed E-state index contributed by atoms with van der Waals surface area (Å²) in [7, 11) is -1.15. The van der Waals surface area contributed by atoms with E-state index in [2.05, 4.69) is 19.1 Å². The lowest BCUT2D eigenvalue weighted by Crippen LogP contribution is -2.08. The molecular formula is C18H21O2P. The summed E-state index contributed by atoms with van der Waals surface area (Å²) in [5, 5.41) is 0. The van der Waals surface area contributed by atoms with Gasteiger partial charge in [-0.15, -0.1) is 0 Å². The Balaban J connectivity index is 2.29. The minimum absolute atomic E-state index is 0.131. The lowest BCUT2D eigenvalue weighted by molar-refractivity contribution is 0.107. The van der Waals surface area contributed by atoms with Crippen LogP contribution in [0.1, 0.15) is 34.0 Å². The highest BCUT2D eigenvalue weighted by molar-refractivity contribution is 7.71. The third kappa shape index (κ3) is 3.71. The second-order valence-corrected chi connectivity index (χ2v) is 7.16. The maximum absolute atomic E-state index is 12.8. The first-order valence-corrected chi connectivity index (χ1v) is 8.60. The van der Waals surface area contributed by atoms with Crippen LogP contribution in [0.25, 0.3) is 0 Å². The molecule has 1 atom stereocenters. The normalized spacial score (nSPS) is 12.0. The molecule has 0 fully saturated rings. The highest BCUT2D eigenvalue weighted by Crippen LogP contribution is 2.42. The monoisotopic (exact) mass is 300 g/mol. The molecule has 0 amide bonds.